The third-order valence-electron chi connectivity index (χ3n) is 4.04. The van der Waals surface area contributed by atoms with Crippen molar-refractivity contribution in [1.29, 1.82) is 0 Å². The van der Waals surface area contributed by atoms with Crippen LogP contribution in [0, 0.1) is 0 Å². The van der Waals surface area contributed by atoms with Crippen molar-refractivity contribution in [2.75, 3.05) is 0 Å². The third kappa shape index (κ3) is 1.80. The highest BCUT2D eigenvalue weighted by Gasteiger charge is 2.13. The number of hydrogen-bond donors (Lipinski definition) is 2. The second-order valence-electron chi connectivity index (χ2n) is 5.37. The van der Waals surface area contributed by atoms with Gasteiger partial charge in [-0.25, -0.2) is 9.97 Å². The molecule has 0 saturated carbocycles. The summed E-state index contributed by atoms with van der Waals surface area (Å²) in [5, 5.41) is 0. The molecule has 0 aliphatic carbocycles. The summed E-state index contributed by atoms with van der Waals surface area (Å²) < 4.78 is 6.10. The molecule has 0 bridgehead atoms. The minimum Gasteiger partial charge on any atom is -0.456 e. The molecule has 23 heavy (non-hydrogen) atoms. The predicted molar refractivity (Wildman–Crippen MR) is 88.9 cm³/mol. The van der Waals surface area contributed by atoms with Gasteiger partial charge in [-0.2, -0.15) is 0 Å². The summed E-state index contributed by atoms with van der Waals surface area (Å²) in [6.45, 7) is 0. The van der Waals surface area contributed by atoms with Crippen molar-refractivity contribution in [2.45, 2.75) is 0 Å². The maximum atomic E-state index is 6.10. The molecule has 0 spiro atoms. The van der Waals surface area contributed by atoms with Crippen molar-refractivity contribution in [1.82, 2.24) is 19.9 Å². The van der Waals surface area contributed by atoms with Crippen molar-refractivity contribution < 1.29 is 4.42 Å². The van der Waals surface area contributed by atoms with E-state index in [0.717, 1.165) is 44.7 Å². The summed E-state index contributed by atoms with van der Waals surface area (Å²) in [5.41, 5.74) is 5.76. The normalized spacial score (nSPS) is 11.5. The fraction of sp³-hybridized carbons (Fsp3) is 0. The van der Waals surface area contributed by atoms with Crippen LogP contribution >= 0.6 is 0 Å². The van der Waals surface area contributed by atoms with Gasteiger partial charge in [-0.1, -0.05) is 12.1 Å². The molecule has 0 saturated heterocycles. The summed E-state index contributed by atoms with van der Waals surface area (Å²) in [4.78, 5) is 15.0. The Balaban J connectivity index is 1.69. The summed E-state index contributed by atoms with van der Waals surface area (Å²) in [5.74, 6) is 1.59. The van der Waals surface area contributed by atoms with Gasteiger partial charge in [-0.15, -0.1) is 0 Å². The monoisotopic (exact) mass is 300 g/mol. The average molecular weight is 300 g/mol. The summed E-state index contributed by atoms with van der Waals surface area (Å²) >= 11 is 0. The second kappa shape index (κ2) is 4.58. The van der Waals surface area contributed by atoms with Crippen LogP contribution in [0.5, 0.6) is 0 Å². The molecule has 0 amide bonds. The standard InChI is InChI=1S/C18H12N4O/c1-3-11(17-13(5-1)19-9-21-17)15-7-8-16(23-15)12-4-2-6-14-18(12)22-10-20-14/h1-10H,(H,19,21)(H,20,22). The molecule has 5 nitrogen and oxygen atoms in total. The first-order valence-corrected chi connectivity index (χ1v) is 7.35. The number of hydrogen-bond acceptors (Lipinski definition) is 3. The number of aromatic amines is 2. The van der Waals surface area contributed by atoms with E-state index < -0.39 is 0 Å². The van der Waals surface area contributed by atoms with Crippen molar-refractivity contribution in [3.05, 3.63) is 61.2 Å². The van der Waals surface area contributed by atoms with Gasteiger partial charge in [-0.3, -0.25) is 0 Å². The van der Waals surface area contributed by atoms with Crippen LogP contribution in [0.4, 0.5) is 0 Å². The van der Waals surface area contributed by atoms with Gasteiger partial charge in [0.15, 0.2) is 0 Å². The zero-order chi connectivity index (χ0) is 15.2. The smallest absolute Gasteiger partial charge is 0.137 e. The summed E-state index contributed by atoms with van der Waals surface area (Å²) in [6.07, 6.45) is 3.39. The number of imidazole rings is 2. The quantitative estimate of drug-likeness (QED) is 0.508. The molecule has 0 atom stereocenters. The highest BCUT2D eigenvalue weighted by atomic mass is 16.3. The molecule has 2 N–H and O–H groups in total. The van der Waals surface area contributed by atoms with E-state index in [4.69, 9.17) is 4.42 Å². The van der Waals surface area contributed by atoms with Crippen LogP contribution < -0.4 is 0 Å². The Hall–Kier alpha value is -3.34. The molecule has 0 radical (unpaired) electrons. The van der Waals surface area contributed by atoms with Crippen molar-refractivity contribution >= 4 is 22.1 Å². The largest absolute Gasteiger partial charge is 0.456 e. The molecule has 0 aliphatic heterocycles. The van der Waals surface area contributed by atoms with Gasteiger partial charge in [0.1, 0.15) is 11.5 Å². The number of H-pyrrole nitrogens is 2. The Morgan fingerprint density at radius 1 is 0.652 bits per heavy atom. The van der Waals surface area contributed by atoms with Gasteiger partial charge in [0.05, 0.1) is 34.7 Å². The van der Waals surface area contributed by atoms with E-state index in [9.17, 15) is 0 Å². The SMILES string of the molecule is c1cc(-c2ccc(-c3cccc4[nH]cnc34)o2)c2nc[nH]c2c1. The minimum atomic E-state index is 0.797. The number of rotatable bonds is 2. The van der Waals surface area contributed by atoms with Crippen LogP contribution in [-0.4, -0.2) is 19.9 Å². The summed E-state index contributed by atoms with van der Waals surface area (Å²) in [6, 6.07) is 16.0. The van der Waals surface area contributed by atoms with Crippen LogP contribution in [-0.2, 0) is 0 Å². The molecule has 3 heterocycles. The zero-order valence-electron chi connectivity index (χ0n) is 12.1. The predicted octanol–water partition coefficient (Wildman–Crippen LogP) is 4.37. The number of fused-ring (bicyclic) bond motifs is 2. The highest BCUT2D eigenvalue weighted by molar-refractivity contribution is 5.92. The molecule has 3 aromatic heterocycles. The van der Waals surface area contributed by atoms with E-state index in [2.05, 4.69) is 19.9 Å². The molecule has 110 valence electrons. The van der Waals surface area contributed by atoms with Crippen molar-refractivity contribution in [3.8, 4) is 22.6 Å². The Kier molecular flexibility index (Phi) is 2.43. The number of nitrogens with one attached hydrogen (secondary N) is 2. The maximum absolute atomic E-state index is 6.10. The lowest BCUT2D eigenvalue weighted by Gasteiger charge is -2.00. The van der Waals surface area contributed by atoms with Crippen LogP contribution in [0.25, 0.3) is 44.7 Å². The fourth-order valence-corrected chi connectivity index (χ4v) is 2.96. The van der Waals surface area contributed by atoms with Gasteiger partial charge in [0.2, 0.25) is 0 Å². The van der Waals surface area contributed by atoms with Crippen LogP contribution in [0.2, 0.25) is 0 Å². The van der Waals surface area contributed by atoms with Crippen LogP contribution in [0.3, 0.4) is 0 Å². The van der Waals surface area contributed by atoms with Gasteiger partial charge >= 0.3 is 0 Å². The molecule has 2 aromatic carbocycles. The molecule has 0 fully saturated rings. The first-order chi connectivity index (χ1) is 11.4. The molecule has 5 heteroatoms. The van der Waals surface area contributed by atoms with Crippen molar-refractivity contribution in [3.63, 3.8) is 0 Å². The van der Waals surface area contributed by atoms with E-state index in [1.54, 1.807) is 12.7 Å². The molecule has 5 rings (SSSR count). The van der Waals surface area contributed by atoms with E-state index in [1.165, 1.54) is 0 Å². The molecule has 0 unspecified atom stereocenters. The zero-order valence-corrected chi connectivity index (χ0v) is 12.1. The number of para-hydroxylation sites is 2. The van der Waals surface area contributed by atoms with E-state index in [1.807, 2.05) is 48.5 Å². The Bertz CT molecular complexity index is 1040. The molecule has 5 aromatic rings. The van der Waals surface area contributed by atoms with Crippen LogP contribution in [0.15, 0.2) is 65.6 Å². The Labute approximate surface area is 131 Å². The number of benzene rings is 2. The molecular formula is C18H12N4O. The Morgan fingerprint density at radius 3 is 1.70 bits per heavy atom. The third-order valence-corrected chi connectivity index (χ3v) is 4.04. The molecule has 0 aliphatic rings. The van der Waals surface area contributed by atoms with Crippen molar-refractivity contribution in [2.24, 2.45) is 0 Å². The Morgan fingerprint density at radius 2 is 1.17 bits per heavy atom. The lowest BCUT2D eigenvalue weighted by atomic mass is 10.1. The van der Waals surface area contributed by atoms with Gasteiger partial charge in [0, 0.05) is 11.1 Å². The number of nitrogens with zero attached hydrogens (tertiary/aromatic N) is 2. The van der Waals surface area contributed by atoms with Gasteiger partial charge in [-0.05, 0) is 36.4 Å². The first-order valence-electron chi connectivity index (χ1n) is 7.35. The maximum Gasteiger partial charge on any atom is 0.137 e. The van der Waals surface area contributed by atoms with Crippen LogP contribution in [0.1, 0.15) is 0 Å². The van der Waals surface area contributed by atoms with Gasteiger partial charge < -0.3 is 14.4 Å². The first kappa shape index (κ1) is 12.2. The van der Waals surface area contributed by atoms with E-state index >= 15 is 0 Å². The minimum absolute atomic E-state index is 0.797. The van der Waals surface area contributed by atoms with E-state index in [-0.39, 0.29) is 0 Å². The lowest BCUT2D eigenvalue weighted by molar-refractivity contribution is 0.598. The summed E-state index contributed by atoms with van der Waals surface area (Å²) in [7, 11) is 0. The average Bonchev–Trinajstić information content (AvgIpc) is 3.32. The fourth-order valence-electron chi connectivity index (χ4n) is 2.96. The van der Waals surface area contributed by atoms with E-state index in [0.29, 0.717) is 0 Å². The topological polar surface area (TPSA) is 70.5 Å². The lowest BCUT2D eigenvalue weighted by Crippen LogP contribution is -1.79. The number of aromatic nitrogens is 4. The molecular weight excluding hydrogens is 288 g/mol. The number of furan rings is 1. The van der Waals surface area contributed by atoms with Gasteiger partial charge in [0.25, 0.3) is 0 Å². The highest BCUT2D eigenvalue weighted by Crippen LogP contribution is 2.33. The second-order valence-corrected chi connectivity index (χ2v) is 5.37.